The molecule has 1 atom stereocenters. The van der Waals surface area contributed by atoms with Crippen LogP contribution in [0.2, 0.25) is 0 Å². The van der Waals surface area contributed by atoms with Gasteiger partial charge in [-0.1, -0.05) is 18.2 Å². The minimum absolute atomic E-state index is 0.489. The third-order valence-corrected chi connectivity index (χ3v) is 3.24. The van der Waals surface area contributed by atoms with Crippen LogP contribution in [0.25, 0.3) is 21.8 Å². The molecule has 0 saturated heterocycles. The number of hydrogen-bond donors (Lipinski definition) is 2. The Morgan fingerprint density at radius 1 is 1.18 bits per heavy atom. The number of nitrogens with zero attached hydrogens (tertiary/aromatic N) is 1. The summed E-state index contributed by atoms with van der Waals surface area (Å²) in [6, 6.07) is 10.3. The Labute approximate surface area is 99.3 Å². The zero-order chi connectivity index (χ0) is 12.0. The fourth-order valence-corrected chi connectivity index (χ4v) is 2.49. The molecule has 0 aliphatic rings. The van der Waals surface area contributed by atoms with Crippen molar-refractivity contribution in [2.24, 2.45) is 7.05 Å². The summed E-state index contributed by atoms with van der Waals surface area (Å²) in [5.41, 5.74) is 3.04. The molecule has 0 spiro atoms. The third-order valence-electron chi connectivity index (χ3n) is 3.24. The zero-order valence-corrected chi connectivity index (χ0v) is 9.94. The molecule has 1 unspecified atom stereocenters. The minimum atomic E-state index is -0.489. The SMILES string of the molecule is CC(O)c1c2[nH]c3ccccc3c2cc[n+]1C. The maximum absolute atomic E-state index is 9.89. The van der Waals surface area contributed by atoms with Crippen molar-refractivity contribution in [3.8, 4) is 0 Å². The Morgan fingerprint density at radius 3 is 2.71 bits per heavy atom. The first kappa shape index (κ1) is 10.3. The maximum atomic E-state index is 9.89. The van der Waals surface area contributed by atoms with Crippen LogP contribution in [-0.2, 0) is 7.05 Å². The molecule has 3 heteroatoms. The first-order valence-corrected chi connectivity index (χ1v) is 5.75. The fraction of sp³-hybridized carbons (Fsp3) is 0.214. The highest BCUT2D eigenvalue weighted by molar-refractivity contribution is 6.07. The predicted molar refractivity (Wildman–Crippen MR) is 67.6 cm³/mol. The first-order valence-electron chi connectivity index (χ1n) is 5.75. The number of rotatable bonds is 1. The molecule has 0 aliphatic heterocycles. The molecule has 2 aromatic heterocycles. The molecule has 3 aromatic rings. The van der Waals surface area contributed by atoms with E-state index >= 15 is 0 Å². The van der Waals surface area contributed by atoms with Gasteiger partial charge in [-0.25, -0.2) is 4.57 Å². The molecule has 1 aromatic carbocycles. The number of nitrogens with one attached hydrogen (secondary N) is 1. The van der Waals surface area contributed by atoms with Crippen molar-refractivity contribution in [3.05, 3.63) is 42.2 Å². The first-order chi connectivity index (χ1) is 8.18. The summed E-state index contributed by atoms with van der Waals surface area (Å²) in [6.07, 6.45) is 1.50. The van der Waals surface area contributed by atoms with E-state index in [4.69, 9.17) is 0 Å². The number of fused-ring (bicyclic) bond motifs is 3. The van der Waals surface area contributed by atoms with Crippen molar-refractivity contribution in [1.82, 2.24) is 4.98 Å². The van der Waals surface area contributed by atoms with Gasteiger partial charge in [0.2, 0.25) is 5.69 Å². The summed E-state index contributed by atoms with van der Waals surface area (Å²) in [7, 11) is 1.95. The molecule has 2 N–H and O–H groups in total. The lowest BCUT2D eigenvalue weighted by Gasteiger charge is -2.03. The molecule has 17 heavy (non-hydrogen) atoms. The number of aryl methyl sites for hydroxylation is 1. The van der Waals surface area contributed by atoms with E-state index in [0.717, 1.165) is 22.1 Å². The van der Waals surface area contributed by atoms with Crippen LogP contribution in [0.3, 0.4) is 0 Å². The van der Waals surface area contributed by atoms with Gasteiger partial charge in [0.15, 0.2) is 6.20 Å². The molecule has 3 rings (SSSR count). The van der Waals surface area contributed by atoms with Crippen molar-refractivity contribution in [1.29, 1.82) is 0 Å². The molecule has 0 aliphatic carbocycles. The average molecular weight is 227 g/mol. The number of benzene rings is 1. The number of H-pyrrole nitrogens is 1. The molecule has 0 radical (unpaired) electrons. The van der Waals surface area contributed by atoms with Crippen molar-refractivity contribution >= 4 is 21.8 Å². The topological polar surface area (TPSA) is 39.9 Å². The quantitative estimate of drug-likeness (QED) is 0.615. The van der Waals surface area contributed by atoms with E-state index in [2.05, 4.69) is 23.2 Å². The van der Waals surface area contributed by atoms with Crippen LogP contribution in [0.1, 0.15) is 18.7 Å². The van der Waals surface area contributed by atoms with Gasteiger partial charge in [0, 0.05) is 22.4 Å². The summed E-state index contributed by atoms with van der Waals surface area (Å²) in [6.45, 7) is 1.79. The Kier molecular flexibility index (Phi) is 2.16. The van der Waals surface area contributed by atoms with Gasteiger partial charge in [-0.05, 0) is 13.0 Å². The highest BCUT2D eigenvalue weighted by atomic mass is 16.3. The van der Waals surface area contributed by atoms with Crippen LogP contribution in [0.4, 0.5) is 0 Å². The number of aromatic nitrogens is 2. The smallest absolute Gasteiger partial charge is 0.233 e. The van der Waals surface area contributed by atoms with Crippen molar-refractivity contribution < 1.29 is 9.67 Å². The molecule has 0 bridgehead atoms. The average Bonchev–Trinajstić information content (AvgIpc) is 2.66. The lowest BCUT2D eigenvalue weighted by Crippen LogP contribution is -2.34. The largest absolute Gasteiger partial charge is 0.382 e. The monoisotopic (exact) mass is 227 g/mol. The van der Waals surface area contributed by atoms with Crippen molar-refractivity contribution in [2.45, 2.75) is 13.0 Å². The molecule has 0 saturated carbocycles. The second-order valence-electron chi connectivity index (χ2n) is 4.45. The van der Waals surface area contributed by atoms with Gasteiger partial charge in [0.05, 0.1) is 0 Å². The van der Waals surface area contributed by atoms with Gasteiger partial charge in [-0.3, -0.25) is 0 Å². The summed E-state index contributed by atoms with van der Waals surface area (Å²) in [5.74, 6) is 0. The molecular formula is C14H15N2O+. The van der Waals surface area contributed by atoms with Crippen LogP contribution in [-0.4, -0.2) is 10.1 Å². The summed E-state index contributed by atoms with van der Waals surface area (Å²) < 4.78 is 1.96. The molecular weight excluding hydrogens is 212 g/mol. The van der Waals surface area contributed by atoms with Crippen molar-refractivity contribution in [3.63, 3.8) is 0 Å². The number of aliphatic hydroxyl groups excluding tert-OH is 1. The van der Waals surface area contributed by atoms with E-state index in [9.17, 15) is 5.11 Å². The predicted octanol–water partition coefficient (Wildman–Crippen LogP) is 2.20. The van der Waals surface area contributed by atoms with E-state index in [-0.39, 0.29) is 0 Å². The Hall–Kier alpha value is -1.87. The summed E-state index contributed by atoms with van der Waals surface area (Å²) >= 11 is 0. The lowest BCUT2D eigenvalue weighted by molar-refractivity contribution is -0.681. The normalized spacial score (nSPS) is 13.4. The highest BCUT2D eigenvalue weighted by Gasteiger charge is 2.20. The fourth-order valence-electron chi connectivity index (χ4n) is 2.49. The van der Waals surface area contributed by atoms with E-state index < -0.39 is 6.10 Å². The number of aliphatic hydroxyl groups is 1. The zero-order valence-electron chi connectivity index (χ0n) is 9.94. The number of hydrogen-bond acceptors (Lipinski definition) is 1. The van der Waals surface area contributed by atoms with Gasteiger partial charge in [-0.15, -0.1) is 0 Å². The maximum Gasteiger partial charge on any atom is 0.233 e. The van der Waals surface area contributed by atoms with Gasteiger partial charge in [0.1, 0.15) is 18.7 Å². The van der Waals surface area contributed by atoms with Gasteiger partial charge < -0.3 is 10.1 Å². The number of pyridine rings is 1. The van der Waals surface area contributed by atoms with E-state index in [1.807, 2.05) is 29.9 Å². The number of para-hydroxylation sites is 1. The third kappa shape index (κ3) is 1.43. The standard InChI is InChI=1S/C14H14N2O/c1-9(17)14-13-11(7-8-16(14)2)10-5-3-4-6-12(10)15-13/h3-9,17H,1-2H3/p+1. The molecule has 2 heterocycles. The van der Waals surface area contributed by atoms with Crippen LogP contribution in [0.15, 0.2) is 36.5 Å². The lowest BCUT2D eigenvalue weighted by atomic mass is 10.1. The molecule has 0 amide bonds. The minimum Gasteiger partial charge on any atom is -0.382 e. The van der Waals surface area contributed by atoms with E-state index in [0.29, 0.717) is 0 Å². The van der Waals surface area contributed by atoms with Crippen molar-refractivity contribution in [2.75, 3.05) is 0 Å². The van der Waals surface area contributed by atoms with Gasteiger partial charge >= 0.3 is 0 Å². The van der Waals surface area contributed by atoms with Crippen LogP contribution < -0.4 is 4.57 Å². The van der Waals surface area contributed by atoms with E-state index in [1.54, 1.807) is 6.92 Å². The second kappa shape index (κ2) is 3.57. The highest BCUT2D eigenvalue weighted by Crippen LogP contribution is 2.27. The Bertz CT molecular complexity index is 698. The number of aromatic amines is 1. The Balaban J connectivity index is 2.51. The van der Waals surface area contributed by atoms with Crippen LogP contribution in [0.5, 0.6) is 0 Å². The molecule has 0 fully saturated rings. The summed E-state index contributed by atoms with van der Waals surface area (Å²) in [5, 5.41) is 12.2. The van der Waals surface area contributed by atoms with Crippen LogP contribution >= 0.6 is 0 Å². The molecule has 3 nitrogen and oxygen atoms in total. The van der Waals surface area contributed by atoms with E-state index in [1.165, 1.54) is 5.39 Å². The van der Waals surface area contributed by atoms with Gasteiger partial charge in [-0.2, -0.15) is 0 Å². The second-order valence-corrected chi connectivity index (χ2v) is 4.45. The van der Waals surface area contributed by atoms with Crippen LogP contribution in [0, 0.1) is 0 Å². The van der Waals surface area contributed by atoms with Gasteiger partial charge in [0.25, 0.3) is 0 Å². The Morgan fingerprint density at radius 2 is 1.94 bits per heavy atom. The molecule has 86 valence electrons. The summed E-state index contributed by atoms with van der Waals surface area (Å²) in [4.78, 5) is 3.39.